The minimum Gasteiger partial charge on any atom is -0.397 e. The third-order valence-electron chi connectivity index (χ3n) is 3.45. The average molecular weight is 259 g/mol. The van der Waals surface area contributed by atoms with Crippen LogP contribution in [0.25, 0.3) is 10.9 Å². The molecular formula is C14H17N3S. The van der Waals surface area contributed by atoms with Gasteiger partial charge in [-0.2, -0.15) is 11.8 Å². The van der Waals surface area contributed by atoms with Gasteiger partial charge in [-0.1, -0.05) is 0 Å². The topological polar surface area (TPSA) is 42.1 Å². The summed E-state index contributed by atoms with van der Waals surface area (Å²) in [7, 11) is 0. The number of nitrogens with zero attached hydrogens (tertiary/aromatic N) is 2. The summed E-state index contributed by atoms with van der Waals surface area (Å²) in [5.74, 6) is 2.38. The summed E-state index contributed by atoms with van der Waals surface area (Å²) in [5, 5.41) is 1.16. The highest BCUT2D eigenvalue weighted by atomic mass is 32.2. The maximum atomic E-state index is 6.00. The molecule has 0 amide bonds. The molecule has 1 saturated heterocycles. The van der Waals surface area contributed by atoms with Gasteiger partial charge in [0.1, 0.15) is 0 Å². The summed E-state index contributed by atoms with van der Waals surface area (Å²) in [6.07, 6.45) is 1.80. The van der Waals surface area contributed by atoms with Crippen LogP contribution in [-0.2, 0) is 0 Å². The van der Waals surface area contributed by atoms with Gasteiger partial charge >= 0.3 is 0 Å². The van der Waals surface area contributed by atoms with Crippen LogP contribution in [0.3, 0.4) is 0 Å². The second-order valence-corrected chi connectivity index (χ2v) is 5.84. The molecule has 0 radical (unpaired) electrons. The summed E-state index contributed by atoms with van der Waals surface area (Å²) < 4.78 is 0. The van der Waals surface area contributed by atoms with E-state index in [4.69, 9.17) is 5.73 Å². The predicted octanol–water partition coefficient (Wildman–Crippen LogP) is 2.76. The molecule has 4 heteroatoms. The molecule has 0 aliphatic carbocycles. The van der Waals surface area contributed by atoms with Crippen LogP contribution in [0, 0.1) is 0 Å². The molecular weight excluding hydrogens is 242 g/mol. The molecule has 1 aliphatic heterocycles. The van der Waals surface area contributed by atoms with Crippen LogP contribution in [0.4, 0.5) is 11.4 Å². The number of pyridine rings is 1. The Kier molecular flexibility index (Phi) is 3.04. The average Bonchev–Trinajstić information content (AvgIpc) is 2.41. The number of anilines is 2. The van der Waals surface area contributed by atoms with Gasteiger partial charge in [-0.25, -0.2) is 0 Å². The van der Waals surface area contributed by atoms with Gasteiger partial charge in [-0.15, -0.1) is 0 Å². The van der Waals surface area contributed by atoms with Gasteiger partial charge in [0.15, 0.2) is 0 Å². The lowest BCUT2D eigenvalue weighted by atomic mass is 10.1. The van der Waals surface area contributed by atoms with Crippen LogP contribution in [0.2, 0.25) is 0 Å². The molecule has 2 aromatic rings. The quantitative estimate of drug-likeness (QED) is 0.800. The fourth-order valence-corrected chi connectivity index (χ4v) is 3.53. The Bertz CT molecular complexity index is 570. The Morgan fingerprint density at radius 2 is 2.28 bits per heavy atom. The van der Waals surface area contributed by atoms with Gasteiger partial charge < -0.3 is 10.6 Å². The van der Waals surface area contributed by atoms with E-state index in [0.29, 0.717) is 6.04 Å². The largest absolute Gasteiger partial charge is 0.397 e. The zero-order chi connectivity index (χ0) is 12.5. The molecule has 1 aromatic carbocycles. The fraction of sp³-hybridized carbons (Fsp3) is 0.357. The minimum atomic E-state index is 0.566. The number of nitrogen functional groups attached to an aromatic ring is 1. The standard InChI is InChI=1S/C14H17N3S/c1-10-9-18-8-7-17(10)13-5-4-12(15)14-11(13)3-2-6-16-14/h2-6,10H,7-9,15H2,1H3. The monoisotopic (exact) mass is 259 g/mol. The highest BCUT2D eigenvalue weighted by molar-refractivity contribution is 7.99. The molecule has 18 heavy (non-hydrogen) atoms. The van der Waals surface area contributed by atoms with Crippen molar-refractivity contribution in [2.75, 3.05) is 28.7 Å². The van der Waals surface area contributed by atoms with Gasteiger partial charge in [-0.3, -0.25) is 4.98 Å². The molecule has 1 aromatic heterocycles. The first-order chi connectivity index (χ1) is 8.77. The summed E-state index contributed by atoms with van der Waals surface area (Å²) in [4.78, 5) is 6.88. The minimum absolute atomic E-state index is 0.566. The van der Waals surface area contributed by atoms with E-state index in [9.17, 15) is 0 Å². The van der Waals surface area contributed by atoms with Crippen molar-refractivity contribution in [1.29, 1.82) is 0 Å². The molecule has 1 fully saturated rings. The number of thioether (sulfide) groups is 1. The third kappa shape index (κ3) is 1.90. The lowest BCUT2D eigenvalue weighted by Gasteiger charge is -2.35. The highest BCUT2D eigenvalue weighted by Crippen LogP contribution is 2.32. The number of hydrogen-bond donors (Lipinski definition) is 1. The zero-order valence-corrected chi connectivity index (χ0v) is 11.3. The lowest BCUT2D eigenvalue weighted by Crippen LogP contribution is -2.40. The van der Waals surface area contributed by atoms with Gasteiger partial charge in [-0.05, 0) is 31.2 Å². The van der Waals surface area contributed by atoms with Gasteiger partial charge in [0.05, 0.1) is 11.2 Å². The maximum Gasteiger partial charge on any atom is 0.0951 e. The van der Waals surface area contributed by atoms with Gasteiger partial charge in [0.25, 0.3) is 0 Å². The SMILES string of the molecule is CC1CSCCN1c1ccc(N)c2ncccc12. The van der Waals surface area contributed by atoms with E-state index in [-0.39, 0.29) is 0 Å². The summed E-state index contributed by atoms with van der Waals surface area (Å²) in [6, 6.07) is 8.76. The summed E-state index contributed by atoms with van der Waals surface area (Å²) in [5.41, 5.74) is 8.94. The van der Waals surface area contributed by atoms with E-state index in [1.54, 1.807) is 6.20 Å². The van der Waals surface area contributed by atoms with Crippen LogP contribution in [0.15, 0.2) is 30.5 Å². The van der Waals surface area contributed by atoms with Gasteiger partial charge in [0.2, 0.25) is 0 Å². The van der Waals surface area contributed by atoms with E-state index in [2.05, 4.69) is 28.9 Å². The molecule has 1 unspecified atom stereocenters. The van der Waals surface area contributed by atoms with Crippen molar-refractivity contribution in [2.45, 2.75) is 13.0 Å². The molecule has 2 N–H and O–H groups in total. The van der Waals surface area contributed by atoms with Crippen LogP contribution in [-0.4, -0.2) is 29.1 Å². The van der Waals surface area contributed by atoms with Crippen molar-refractivity contribution in [3.8, 4) is 0 Å². The van der Waals surface area contributed by atoms with Crippen molar-refractivity contribution >= 4 is 34.0 Å². The zero-order valence-electron chi connectivity index (χ0n) is 10.5. The van der Waals surface area contributed by atoms with Gasteiger partial charge in [0, 0.05) is 41.4 Å². The Hall–Kier alpha value is -1.42. The number of fused-ring (bicyclic) bond motifs is 1. The molecule has 94 valence electrons. The number of aromatic nitrogens is 1. The van der Waals surface area contributed by atoms with E-state index < -0.39 is 0 Å². The highest BCUT2D eigenvalue weighted by Gasteiger charge is 2.21. The lowest BCUT2D eigenvalue weighted by molar-refractivity contribution is 0.702. The van der Waals surface area contributed by atoms with E-state index in [1.165, 1.54) is 17.2 Å². The van der Waals surface area contributed by atoms with Crippen molar-refractivity contribution < 1.29 is 0 Å². The van der Waals surface area contributed by atoms with Crippen molar-refractivity contribution in [3.05, 3.63) is 30.5 Å². The second-order valence-electron chi connectivity index (χ2n) is 4.69. The molecule has 1 aliphatic rings. The number of benzene rings is 1. The van der Waals surface area contributed by atoms with Crippen molar-refractivity contribution in [2.24, 2.45) is 0 Å². The first kappa shape index (κ1) is 11.7. The molecule has 3 nitrogen and oxygen atoms in total. The molecule has 0 bridgehead atoms. The fourth-order valence-electron chi connectivity index (χ4n) is 2.51. The summed E-state index contributed by atoms with van der Waals surface area (Å²) >= 11 is 2.03. The Labute approximate surface area is 111 Å². The van der Waals surface area contributed by atoms with Crippen LogP contribution in [0.5, 0.6) is 0 Å². The molecule has 0 spiro atoms. The van der Waals surface area contributed by atoms with Crippen molar-refractivity contribution in [3.63, 3.8) is 0 Å². The normalized spacial score (nSPS) is 20.3. The molecule has 3 rings (SSSR count). The van der Waals surface area contributed by atoms with E-state index in [0.717, 1.165) is 23.1 Å². The van der Waals surface area contributed by atoms with E-state index in [1.807, 2.05) is 23.9 Å². The second kappa shape index (κ2) is 4.69. The molecule has 2 heterocycles. The molecule has 0 saturated carbocycles. The van der Waals surface area contributed by atoms with Crippen molar-refractivity contribution in [1.82, 2.24) is 4.98 Å². The Morgan fingerprint density at radius 1 is 1.39 bits per heavy atom. The maximum absolute atomic E-state index is 6.00. The number of nitrogens with two attached hydrogens (primary N) is 1. The van der Waals surface area contributed by atoms with E-state index >= 15 is 0 Å². The molecule has 1 atom stereocenters. The number of hydrogen-bond acceptors (Lipinski definition) is 4. The first-order valence-electron chi connectivity index (χ1n) is 6.25. The van der Waals surface area contributed by atoms with Crippen LogP contribution >= 0.6 is 11.8 Å². The number of rotatable bonds is 1. The summed E-state index contributed by atoms with van der Waals surface area (Å²) in [6.45, 7) is 3.38. The third-order valence-corrected chi connectivity index (χ3v) is 4.64. The Balaban J connectivity index is 2.14. The van der Waals surface area contributed by atoms with Crippen LogP contribution in [0.1, 0.15) is 6.92 Å². The first-order valence-corrected chi connectivity index (χ1v) is 7.40. The predicted molar refractivity (Wildman–Crippen MR) is 80.3 cm³/mol. The Morgan fingerprint density at radius 3 is 3.11 bits per heavy atom. The smallest absolute Gasteiger partial charge is 0.0951 e. The van der Waals surface area contributed by atoms with Crippen LogP contribution < -0.4 is 10.6 Å².